The van der Waals surface area contributed by atoms with Gasteiger partial charge in [-0.1, -0.05) is 23.8 Å². The summed E-state index contributed by atoms with van der Waals surface area (Å²) in [5.41, 5.74) is 10.3. The molecule has 0 atom stereocenters. The van der Waals surface area contributed by atoms with Crippen molar-refractivity contribution in [2.75, 3.05) is 0 Å². The van der Waals surface area contributed by atoms with Crippen molar-refractivity contribution < 1.29 is 0 Å². The molecule has 2 N–H and O–H groups in total. The molecule has 0 radical (unpaired) electrons. The van der Waals surface area contributed by atoms with Crippen molar-refractivity contribution in [2.24, 2.45) is 15.9 Å². The van der Waals surface area contributed by atoms with E-state index >= 15 is 0 Å². The van der Waals surface area contributed by atoms with E-state index in [1.807, 2.05) is 0 Å². The standard InChI is InChI=1S/C12H15N3/c1-8-3-4-10(9(2)7-8)11-5-6-12(13)15-14-11/h3-4,7H,5-6H2,1-2H3,(H2,13,15). The number of nitrogens with two attached hydrogens (primary N) is 1. The van der Waals surface area contributed by atoms with E-state index in [0.29, 0.717) is 5.84 Å². The fraction of sp³-hybridized carbons (Fsp3) is 0.333. The predicted molar refractivity (Wildman–Crippen MR) is 63.3 cm³/mol. The number of hydrogen-bond acceptors (Lipinski definition) is 3. The Balaban J connectivity index is 2.38. The van der Waals surface area contributed by atoms with Gasteiger partial charge in [0.05, 0.1) is 5.71 Å². The molecular formula is C12H15N3. The van der Waals surface area contributed by atoms with Crippen LogP contribution in [0.1, 0.15) is 29.5 Å². The molecule has 1 aliphatic rings. The first-order chi connectivity index (χ1) is 7.16. The number of rotatable bonds is 1. The lowest BCUT2D eigenvalue weighted by atomic mass is 9.98. The molecule has 1 aromatic carbocycles. The summed E-state index contributed by atoms with van der Waals surface area (Å²) in [7, 11) is 0. The maximum absolute atomic E-state index is 5.58. The molecule has 0 aromatic heterocycles. The molecule has 0 bridgehead atoms. The van der Waals surface area contributed by atoms with Crippen LogP contribution >= 0.6 is 0 Å². The van der Waals surface area contributed by atoms with E-state index in [2.05, 4.69) is 42.2 Å². The summed E-state index contributed by atoms with van der Waals surface area (Å²) in [4.78, 5) is 0. The van der Waals surface area contributed by atoms with Crippen LogP contribution in [0.5, 0.6) is 0 Å². The van der Waals surface area contributed by atoms with Crippen LogP contribution in [0.3, 0.4) is 0 Å². The van der Waals surface area contributed by atoms with Crippen LogP contribution in [-0.4, -0.2) is 11.5 Å². The Labute approximate surface area is 89.7 Å². The Bertz CT molecular complexity index is 444. The molecule has 0 saturated carbocycles. The highest BCUT2D eigenvalue weighted by molar-refractivity contribution is 6.05. The zero-order valence-electron chi connectivity index (χ0n) is 9.12. The van der Waals surface area contributed by atoms with Crippen LogP contribution < -0.4 is 5.73 Å². The van der Waals surface area contributed by atoms with Gasteiger partial charge in [-0.05, 0) is 25.8 Å². The van der Waals surface area contributed by atoms with Gasteiger partial charge in [0.25, 0.3) is 0 Å². The average molecular weight is 201 g/mol. The van der Waals surface area contributed by atoms with Crippen molar-refractivity contribution in [1.29, 1.82) is 0 Å². The van der Waals surface area contributed by atoms with E-state index in [1.54, 1.807) is 0 Å². The third kappa shape index (κ3) is 2.06. The number of benzene rings is 1. The van der Waals surface area contributed by atoms with Gasteiger partial charge in [-0.3, -0.25) is 0 Å². The minimum Gasteiger partial charge on any atom is -0.386 e. The summed E-state index contributed by atoms with van der Waals surface area (Å²) in [6, 6.07) is 6.38. The molecule has 1 heterocycles. The number of nitrogens with zero attached hydrogens (tertiary/aromatic N) is 2. The van der Waals surface area contributed by atoms with Gasteiger partial charge in [-0.25, -0.2) is 0 Å². The lowest BCUT2D eigenvalue weighted by molar-refractivity contribution is 1.02. The summed E-state index contributed by atoms with van der Waals surface area (Å²) in [6.07, 6.45) is 1.70. The molecule has 0 aliphatic carbocycles. The van der Waals surface area contributed by atoms with Crippen molar-refractivity contribution in [3.8, 4) is 0 Å². The second kappa shape index (κ2) is 3.85. The van der Waals surface area contributed by atoms with Crippen molar-refractivity contribution in [3.63, 3.8) is 0 Å². The average Bonchev–Trinajstić information content (AvgIpc) is 2.20. The Morgan fingerprint density at radius 3 is 2.53 bits per heavy atom. The lowest BCUT2D eigenvalue weighted by Gasteiger charge is -2.12. The molecule has 3 heteroatoms. The van der Waals surface area contributed by atoms with Crippen molar-refractivity contribution in [2.45, 2.75) is 26.7 Å². The monoisotopic (exact) mass is 201 g/mol. The minimum absolute atomic E-state index is 0.628. The van der Waals surface area contributed by atoms with E-state index in [-0.39, 0.29) is 0 Å². The lowest BCUT2D eigenvalue weighted by Crippen LogP contribution is -2.18. The van der Waals surface area contributed by atoms with Crippen LogP contribution in [0.25, 0.3) is 0 Å². The van der Waals surface area contributed by atoms with E-state index < -0.39 is 0 Å². The second-order valence-electron chi connectivity index (χ2n) is 3.96. The normalized spacial score (nSPS) is 15.9. The Morgan fingerprint density at radius 2 is 1.93 bits per heavy atom. The fourth-order valence-corrected chi connectivity index (χ4v) is 1.80. The van der Waals surface area contributed by atoms with Crippen LogP contribution in [0, 0.1) is 13.8 Å². The zero-order chi connectivity index (χ0) is 10.8. The molecule has 0 unspecified atom stereocenters. The third-order valence-electron chi connectivity index (χ3n) is 2.61. The summed E-state index contributed by atoms with van der Waals surface area (Å²) in [5.74, 6) is 0.628. The summed E-state index contributed by atoms with van der Waals surface area (Å²) in [5, 5.41) is 8.08. The first-order valence-electron chi connectivity index (χ1n) is 5.13. The maximum atomic E-state index is 5.58. The molecule has 78 valence electrons. The van der Waals surface area contributed by atoms with Crippen molar-refractivity contribution in [3.05, 3.63) is 34.9 Å². The van der Waals surface area contributed by atoms with E-state index in [4.69, 9.17) is 5.73 Å². The SMILES string of the molecule is Cc1ccc(C2=NN=C(N)CC2)c(C)c1. The van der Waals surface area contributed by atoms with E-state index in [0.717, 1.165) is 18.6 Å². The highest BCUT2D eigenvalue weighted by Crippen LogP contribution is 2.16. The summed E-state index contributed by atoms with van der Waals surface area (Å²) in [6.45, 7) is 4.20. The molecular weight excluding hydrogens is 186 g/mol. The quantitative estimate of drug-likeness (QED) is 0.743. The Hall–Kier alpha value is -1.64. The van der Waals surface area contributed by atoms with Gasteiger partial charge >= 0.3 is 0 Å². The van der Waals surface area contributed by atoms with Crippen LogP contribution in [0.2, 0.25) is 0 Å². The molecule has 1 aromatic rings. The Kier molecular flexibility index (Phi) is 2.54. The van der Waals surface area contributed by atoms with Gasteiger partial charge < -0.3 is 5.73 Å². The second-order valence-corrected chi connectivity index (χ2v) is 3.96. The molecule has 0 amide bonds. The van der Waals surface area contributed by atoms with Crippen LogP contribution in [0.15, 0.2) is 28.4 Å². The fourth-order valence-electron chi connectivity index (χ4n) is 1.80. The van der Waals surface area contributed by atoms with Crippen LogP contribution in [-0.2, 0) is 0 Å². The first-order valence-corrected chi connectivity index (χ1v) is 5.13. The van der Waals surface area contributed by atoms with Gasteiger partial charge in [0, 0.05) is 12.0 Å². The molecule has 1 aliphatic heterocycles. The molecule has 15 heavy (non-hydrogen) atoms. The maximum Gasteiger partial charge on any atom is 0.122 e. The first kappa shape index (κ1) is 9.90. The smallest absolute Gasteiger partial charge is 0.122 e. The summed E-state index contributed by atoms with van der Waals surface area (Å²) < 4.78 is 0. The molecule has 0 fully saturated rings. The topological polar surface area (TPSA) is 50.7 Å². The minimum atomic E-state index is 0.628. The van der Waals surface area contributed by atoms with Crippen molar-refractivity contribution >= 4 is 11.5 Å². The molecule has 2 rings (SSSR count). The van der Waals surface area contributed by atoms with E-state index in [9.17, 15) is 0 Å². The van der Waals surface area contributed by atoms with Gasteiger partial charge in [0.2, 0.25) is 0 Å². The summed E-state index contributed by atoms with van der Waals surface area (Å²) >= 11 is 0. The molecule has 0 saturated heterocycles. The van der Waals surface area contributed by atoms with Gasteiger partial charge in [0.15, 0.2) is 0 Å². The molecule has 3 nitrogen and oxygen atoms in total. The number of hydrogen-bond donors (Lipinski definition) is 1. The highest BCUT2D eigenvalue weighted by Gasteiger charge is 2.11. The molecule has 0 spiro atoms. The van der Waals surface area contributed by atoms with Crippen molar-refractivity contribution in [1.82, 2.24) is 0 Å². The van der Waals surface area contributed by atoms with Crippen LogP contribution in [0.4, 0.5) is 0 Å². The number of amidine groups is 1. The Morgan fingerprint density at radius 1 is 1.13 bits per heavy atom. The third-order valence-corrected chi connectivity index (χ3v) is 2.61. The van der Waals surface area contributed by atoms with Gasteiger partial charge in [-0.2, -0.15) is 5.10 Å². The predicted octanol–water partition coefficient (Wildman–Crippen LogP) is 2.16. The van der Waals surface area contributed by atoms with Gasteiger partial charge in [0.1, 0.15) is 5.84 Å². The largest absolute Gasteiger partial charge is 0.386 e. The van der Waals surface area contributed by atoms with E-state index in [1.165, 1.54) is 16.7 Å². The highest BCUT2D eigenvalue weighted by atomic mass is 15.2. The zero-order valence-corrected chi connectivity index (χ0v) is 9.12. The van der Waals surface area contributed by atoms with Gasteiger partial charge in [-0.15, -0.1) is 5.10 Å². The number of aryl methyl sites for hydroxylation is 2.